The second kappa shape index (κ2) is 8.97. The number of methoxy groups -OCH3 is 1. The summed E-state index contributed by atoms with van der Waals surface area (Å²) in [5, 5.41) is 0.643. The molecule has 1 atom stereocenters. The third-order valence-corrected chi connectivity index (χ3v) is 6.35. The summed E-state index contributed by atoms with van der Waals surface area (Å²) in [6, 6.07) is 3.18. The fourth-order valence-electron chi connectivity index (χ4n) is 4.77. The summed E-state index contributed by atoms with van der Waals surface area (Å²) >= 11 is 0. The molecule has 4 rings (SSSR count). The van der Waals surface area contributed by atoms with E-state index in [4.69, 9.17) is 25.8 Å². The molecule has 0 unspecified atom stereocenters. The highest BCUT2D eigenvalue weighted by molar-refractivity contribution is 6.01. The number of aryl methyl sites for hydroxylation is 2. The molecule has 0 saturated carbocycles. The molecule has 0 N–H and O–H groups in total. The van der Waals surface area contributed by atoms with Crippen LogP contribution in [0.2, 0.25) is 0 Å². The van der Waals surface area contributed by atoms with Gasteiger partial charge in [-0.3, -0.25) is 4.57 Å². The Morgan fingerprint density at radius 1 is 1.31 bits per heavy atom. The Hall–Kier alpha value is -3.44. The van der Waals surface area contributed by atoms with Gasteiger partial charge in [-0.05, 0) is 70.7 Å². The van der Waals surface area contributed by atoms with E-state index in [1.807, 2.05) is 27.7 Å². The van der Waals surface area contributed by atoms with Gasteiger partial charge in [0.1, 0.15) is 0 Å². The first-order valence-electron chi connectivity index (χ1n) is 11.6. The number of carbonyl (C=O) groups excluding carboxylic acids is 1. The van der Waals surface area contributed by atoms with Crippen LogP contribution >= 0.6 is 0 Å². The normalized spacial score (nSPS) is 14.3. The number of ether oxygens (including phenoxy) is 3. The minimum absolute atomic E-state index is 0.284. The van der Waals surface area contributed by atoms with E-state index in [-0.39, 0.29) is 5.75 Å². The number of halogens is 1. The van der Waals surface area contributed by atoms with Crippen molar-refractivity contribution in [3.8, 4) is 16.9 Å². The van der Waals surface area contributed by atoms with Crippen molar-refractivity contribution < 1.29 is 23.4 Å². The highest BCUT2D eigenvalue weighted by atomic mass is 19.1. The Morgan fingerprint density at radius 2 is 2.03 bits per heavy atom. The van der Waals surface area contributed by atoms with Gasteiger partial charge in [-0.25, -0.2) is 14.2 Å². The Bertz CT molecular complexity index is 1380. The predicted octanol–water partition coefficient (Wildman–Crippen LogP) is 5.90. The number of benzene rings is 1. The molecule has 0 fully saturated rings. The van der Waals surface area contributed by atoms with Crippen LogP contribution in [0.4, 0.5) is 10.2 Å². The summed E-state index contributed by atoms with van der Waals surface area (Å²) in [7, 11) is 3.08. The second-order valence-corrected chi connectivity index (χ2v) is 9.82. The molecule has 184 valence electrons. The topological polar surface area (TPSA) is 66.9 Å². The quantitative estimate of drug-likeness (QED) is 0.344. The summed E-state index contributed by atoms with van der Waals surface area (Å²) in [4.78, 5) is 21.4. The van der Waals surface area contributed by atoms with Gasteiger partial charge >= 0.3 is 5.97 Å². The van der Waals surface area contributed by atoms with Gasteiger partial charge < -0.3 is 19.1 Å². The van der Waals surface area contributed by atoms with Gasteiger partial charge in [0.25, 0.3) is 0 Å². The monoisotopic (exact) mass is 479 g/mol. The molecule has 1 aromatic carbocycles. The Labute approximate surface area is 204 Å². The number of rotatable bonds is 4. The predicted molar refractivity (Wildman–Crippen MR) is 131 cm³/mol. The van der Waals surface area contributed by atoms with E-state index in [2.05, 4.69) is 4.85 Å². The fraction of sp³-hybridized carbons (Fsp3) is 0.444. The molecular weight excluding hydrogens is 449 g/mol. The number of aromatic nitrogens is 2. The number of nitrogens with zero attached hydrogens (tertiary/aromatic N) is 3. The van der Waals surface area contributed by atoms with E-state index in [9.17, 15) is 4.79 Å². The third-order valence-electron chi connectivity index (χ3n) is 6.35. The smallest absolute Gasteiger partial charge is 0.339 e. The largest absolute Gasteiger partial charge is 0.490 e. The minimum atomic E-state index is -1.10. The maximum atomic E-state index is 15.4. The highest BCUT2D eigenvalue weighted by Crippen LogP contribution is 2.45. The summed E-state index contributed by atoms with van der Waals surface area (Å²) in [5.41, 5.74) is 3.84. The van der Waals surface area contributed by atoms with Crippen molar-refractivity contribution in [2.45, 2.75) is 59.2 Å². The van der Waals surface area contributed by atoms with Crippen molar-refractivity contribution in [3.63, 3.8) is 0 Å². The molecule has 0 radical (unpaired) electrons. The van der Waals surface area contributed by atoms with Gasteiger partial charge in [0.15, 0.2) is 17.7 Å². The summed E-state index contributed by atoms with van der Waals surface area (Å²) in [6.07, 6.45) is 0.382. The van der Waals surface area contributed by atoms with Crippen LogP contribution in [0.15, 0.2) is 12.1 Å². The van der Waals surface area contributed by atoms with Crippen molar-refractivity contribution in [3.05, 3.63) is 51.8 Å². The molecule has 3 aromatic rings. The number of esters is 1. The average Bonchev–Trinajstić information content (AvgIpc) is 3.13. The molecule has 1 aliphatic heterocycles. The maximum Gasteiger partial charge on any atom is 0.339 e. The van der Waals surface area contributed by atoms with Gasteiger partial charge in [0.2, 0.25) is 11.5 Å². The second-order valence-electron chi connectivity index (χ2n) is 9.82. The van der Waals surface area contributed by atoms with Crippen LogP contribution in [-0.4, -0.2) is 34.8 Å². The zero-order valence-electron chi connectivity index (χ0n) is 21.2. The molecular formula is C27H30FN3O4. The van der Waals surface area contributed by atoms with Crippen LogP contribution in [0.3, 0.4) is 0 Å². The fourth-order valence-corrected chi connectivity index (χ4v) is 4.77. The molecule has 0 saturated heterocycles. The summed E-state index contributed by atoms with van der Waals surface area (Å²) in [5.74, 6) is -0.366. The van der Waals surface area contributed by atoms with E-state index in [0.29, 0.717) is 52.3 Å². The average molecular weight is 480 g/mol. The number of hydrogen-bond donors (Lipinski definition) is 0. The molecule has 8 heteroatoms. The van der Waals surface area contributed by atoms with Gasteiger partial charge in [-0.15, -0.1) is 0 Å². The van der Waals surface area contributed by atoms with Gasteiger partial charge in [0, 0.05) is 27.8 Å². The minimum Gasteiger partial charge on any atom is -0.490 e. The first kappa shape index (κ1) is 24.7. The number of pyridine rings is 1. The zero-order valence-corrected chi connectivity index (χ0v) is 21.2. The summed E-state index contributed by atoms with van der Waals surface area (Å²) in [6.45, 7) is 17.4. The summed E-state index contributed by atoms with van der Waals surface area (Å²) < 4.78 is 34.0. The van der Waals surface area contributed by atoms with Crippen LogP contribution in [0, 0.1) is 26.2 Å². The van der Waals surface area contributed by atoms with E-state index < -0.39 is 23.5 Å². The highest BCUT2D eigenvalue weighted by Gasteiger charge is 2.35. The van der Waals surface area contributed by atoms with E-state index in [1.54, 1.807) is 24.6 Å². The number of fused-ring (bicyclic) bond motifs is 2. The van der Waals surface area contributed by atoms with Crippen molar-refractivity contribution >= 4 is 22.8 Å². The molecule has 0 aliphatic carbocycles. The van der Waals surface area contributed by atoms with Gasteiger partial charge in [-0.2, -0.15) is 0 Å². The standard InChI is InChI=1S/C27H30FN3O4/c1-14-16-10-9-11-34-23(16)19(28)12-17(14)22-18-13-20(29-6)31(7)25(18)30-15(2)21(22)24(26(32)33-8)35-27(3,4)5/h12-13,24H,9-11H2,1-5,7-8H3/t24-/m0/s1. The molecule has 0 spiro atoms. The van der Waals surface area contributed by atoms with Crippen LogP contribution in [0.5, 0.6) is 5.75 Å². The van der Waals surface area contributed by atoms with Crippen LogP contribution in [0.25, 0.3) is 27.0 Å². The van der Waals surface area contributed by atoms with Crippen LogP contribution in [0.1, 0.15) is 55.7 Å². The molecule has 35 heavy (non-hydrogen) atoms. The lowest BCUT2D eigenvalue weighted by Crippen LogP contribution is -2.29. The molecule has 0 amide bonds. The van der Waals surface area contributed by atoms with E-state index in [0.717, 1.165) is 17.5 Å². The zero-order chi connectivity index (χ0) is 25.7. The molecule has 2 aromatic heterocycles. The van der Waals surface area contributed by atoms with Gasteiger partial charge in [0.05, 0.1) is 26.4 Å². The molecule has 3 heterocycles. The molecule has 1 aliphatic rings. The number of carbonyl (C=O) groups is 1. The van der Waals surface area contributed by atoms with E-state index >= 15 is 4.39 Å². The Morgan fingerprint density at radius 3 is 2.66 bits per heavy atom. The lowest BCUT2D eigenvalue weighted by molar-refractivity contribution is -0.164. The Balaban J connectivity index is 2.16. The van der Waals surface area contributed by atoms with Crippen molar-refractivity contribution in [1.82, 2.24) is 9.55 Å². The van der Waals surface area contributed by atoms with Crippen LogP contribution in [-0.2, 0) is 27.7 Å². The molecule has 7 nitrogen and oxygen atoms in total. The lowest BCUT2D eigenvalue weighted by atomic mass is 9.86. The third kappa shape index (κ3) is 4.25. The SMILES string of the molecule is [C-]#[N+]c1cc2c(-c3cc(F)c4c(c3C)CCCO4)c([C@H](OC(C)(C)C)C(=O)OC)c(C)nc2n1C. The van der Waals surface area contributed by atoms with Crippen molar-refractivity contribution in [2.24, 2.45) is 7.05 Å². The number of hydrogen-bond acceptors (Lipinski definition) is 5. The van der Waals surface area contributed by atoms with E-state index in [1.165, 1.54) is 13.2 Å². The first-order valence-corrected chi connectivity index (χ1v) is 11.6. The van der Waals surface area contributed by atoms with Crippen molar-refractivity contribution in [2.75, 3.05) is 13.7 Å². The maximum absolute atomic E-state index is 15.4. The van der Waals surface area contributed by atoms with Gasteiger partial charge in [-0.1, -0.05) is 6.57 Å². The van der Waals surface area contributed by atoms with Crippen molar-refractivity contribution in [1.29, 1.82) is 0 Å². The molecule has 0 bridgehead atoms. The van der Waals surface area contributed by atoms with Crippen LogP contribution < -0.4 is 4.74 Å². The Kier molecular flexibility index (Phi) is 6.32. The lowest BCUT2D eigenvalue weighted by Gasteiger charge is -2.29. The first-order chi connectivity index (χ1) is 16.5.